The second-order valence-electron chi connectivity index (χ2n) is 6.11. The first kappa shape index (κ1) is 13.0. The number of anilines is 1. The number of rotatable bonds is 2. The van der Waals surface area contributed by atoms with Crippen molar-refractivity contribution in [3.8, 4) is 0 Å². The van der Waals surface area contributed by atoms with Gasteiger partial charge in [0.25, 0.3) is 0 Å². The molecule has 2 aliphatic rings. The zero-order valence-corrected chi connectivity index (χ0v) is 12.2. The molecule has 4 heteroatoms. The number of hydrogen-bond donors (Lipinski definition) is 0. The Morgan fingerprint density at radius 2 is 2.10 bits per heavy atom. The molecule has 2 unspecified atom stereocenters. The number of aromatic nitrogens is 2. The Kier molecular flexibility index (Phi) is 3.47. The van der Waals surface area contributed by atoms with Gasteiger partial charge in [-0.05, 0) is 43.2 Å². The molecule has 0 spiro atoms. The molecule has 2 aromatic heterocycles. The summed E-state index contributed by atoms with van der Waals surface area (Å²) in [6.07, 6.45) is 10.7. The van der Waals surface area contributed by atoms with Crippen LogP contribution in [0.5, 0.6) is 0 Å². The standard InChI is InChI=1S/C17H21N3O/c1-4-16(14-3-2-10-21-12-14)20(9-1)17-15-11-18-7-5-13(15)6-8-19-17/h5-8,11,14,16H,1-4,9-10,12H2. The Morgan fingerprint density at radius 3 is 3.00 bits per heavy atom. The van der Waals surface area contributed by atoms with E-state index >= 15 is 0 Å². The topological polar surface area (TPSA) is 38.2 Å². The first-order valence-corrected chi connectivity index (χ1v) is 7.96. The van der Waals surface area contributed by atoms with Crippen LogP contribution in [0.25, 0.3) is 10.8 Å². The lowest BCUT2D eigenvalue weighted by molar-refractivity contribution is 0.0454. The van der Waals surface area contributed by atoms with E-state index in [2.05, 4.69) is 27.0 Å². The van der Waals surface area contributed by atoms with E-state index in [1.165, 1.54) is 36.5 Å². The highest BCUT2D eigenvalue weighted by Gasteiger charge is 2.34. The summed E-state index contributed by atoms with van der Waals surface area (Å²) in [5.74, 6) is 1.75. The fourth-order valence-electron chi connectivity index (χ4n) is 3.84. The Hall–Kier alpha value is -1.68. The van der Waals surface area contributed by atoms with Crippen LogP contribution in [0, 0.1) is 5.92 Å². The number of ether oxygens (including phenoxy) is 1. The van der Waals surface area contributed by atoms with Crippen LogP contribution in [-0.4, -0.2) is 35.8 Å². The molecule has 2 fully saturated rings. The normalized spacial score (nSPS) is 26.4. The minimum absolute atomic E-state index is 0.573. The largest absolute Gasteiger partial charge is 0.381 e. The summed E-state index contributed by atoms with van der Waals surface area (Å²) in [5, 5.41) is 2.39. The third-order valence-electron chi connectivity index (χ3n) is 4.86. The molecule has 0 aliphatic carbocycles. The van der Waals surface area contributed by atoms with Gasteiger partial charge in [-0.25, -0.2) is 4.98 Å². The van der Waals surface area contributed by atoms with Crippen molar-refractivity contribution in [1.29, 1.82) is 0 Å². The van der Waals surface area contributed by atoms with Gasteiger partial charge in [-0.3, -0.25) is 4.98 Å². The average Bonchev–Trinajstić information content (AvgIpc) is 3.04. The number of fused-ring (bicyclic) bond motifs is 1. The summed E-state index contributed by atoms with van der Waals surface area (Å²) in [6, 6.07) is 4.70. The van der Waals surface area contributed by atoms with Crippen LogP contribution in [0.2, 0.25) is 0 Å². The van der Waals surface area contributed by atoms with Gasteiger partial charge in [0.1, 0.15) is 5.82 Å². The summed E-state index contributed by atoms with van der Waals surface area (Å²) in [7, 11) is 0. The summed E-state index contributed by atoms with van der Waals surface area (Å²) >= 11 is 0. The van der Waals surface area contributed by atoms with Crippen LogP contribution in [0.1, 0.15) is 25.7 Å². The molecule has 2 aromatic rings. The van der Waals surface area contributed by atoms with Gasteiger partial charge in [-0.1, -0.05) is 0 Å². The molecule has 110 valence electrons. The monoisotopic (exact) mass is 283 g/mol. The first-order chi connectivity index (χ1) is 10.4. The SMILES string of the molecule is c1cc2ccnc(N3CCCC3C3CCCOC3)c2cn1. The molecule has 0 N–H and O–H groups in total. The van der Waals surface area contributed by atoms with Crippen molar-refractivity contribution in [3.05, 3.63) is 30.7 Å². The minimum atomic E-state index is 0.573. The highest BCUT2D eigenvalue weighted by atomic mass is 16.5. The molecule has 0 amide bonds. The van der Waals surface area contributed by atoms with Gasteiger partial charge in [0, 0.05) is 49.1 Å². The lowest BCUT2D eigenvalue weighted by atomic mass is 9.92. The maximum Gasteiger partial charge on any atom is 0.138 e. The average molecular weight is 283 g/mol. The molecule has 0 bridgehead atoms. The molecular weight excluding hydrogens is 262 g/mol. The molecule has 0 saturated carbocycles. The van der Waals surface area contributed by atoms with Crippen LogP contribution < -0.4 is 4.90 Å². The lowest BCUT2D eigenvalue weighted by Crippen LogP contribution is -2.40. The second kappa shape index (κ2) is 5.60. The Labute approximate surface area is 125 Å². The van der Waals surface area contributed by atoms with Crippen molar-refractivity contribution in [1.82, 2.24) is 9.97 Å². The van der Waals surface area contributed by atoms with E-state index in [1.54, 1.807) is 0 Å². The van der Waals surface area contributed by atoms with Crippen molar-refractivity contribution >= 4 is 16.6 Å². The molecule has 4 heterocycles. The predicted octanol–water partition coefficient (Wildman–Crippen LogP) is 3.03. The van der Waals surface area contributed by atoms with E-state index in [0.717, 1.165) is 25.6 Å². The van der Waals surface area contributed by atoms with Gasteiger partial charge in [-0.15, -0.1) is 0 Å². The van der Waals surface area contributed by atoms with Crippen molar-refractivity contribution in [2.75, 3.05) is 24.7 Å². The quantitative estimate of drug-likeness (QED) is 0.849. The van der Waals surface area contributed by atoms with Gasteiger partial charge < -0.3 is 9.64 Å². The Balaban J connectivity index is 1.69. The third-order valence-corrected chi connectivity index (χ3v) is 4.86. The van der Waals surface area contributed by atoms with Crippen molar-refractivity contribution in [2.24, 2.45) is 5.92 Å². The lowest BCUT2D eigenvalue weighted by Gasteiger charge is -2.35. The van der Waals surface area contributed by atoms with Crippen molar-refractivity contribution in [2.45, 2.75) is 31.7 Å². The maximum atomic E-state index is 5.71. The fraction of sp³-hybridized carbons (Fsp3) is 0.529. The Bertz CT molecular complexity index is 619. The maximum absolute atomic E-state index is 5.71. The highest BCUT2D eigenvalue weighted by Crippen LogP contribution is 2.35. The van der Waals surface area contributed by atoms with Crippen LogP contribution >= 0.6 is 0 Å². The smallest absolute Gasteiger partial charge is 0.138 e. The van der Waals surface area contributed by atoms with E-state index in [0.29, 0.717) is 12.0 Å². The van der Waals surface area contributed by atoms with Gasteiger partial charge >= 0.3 is 0 Å². The molecular formula is C17H21N3O. The minimum Gasteiger partial charge on any atom is -0.381 e. The van der Waals surface area contributed by atoms with E-state index in [9.17, 15) is 0 Å². The van der Waals surface area contributed by atoms with Crippen LogP contribution in [0.4, 0.5) is 5.82 Å². The first-order valence-electron chi connectivity index (χ1n) is 7.96. The summed E-state index contributed by atoms with van der Waals surface area (Å²) in [5.41, 5.74) is 0. The van der Waals surface area contributed by atoms with Crippen LogP contribution in [0.3, 0.4) is 0 Å². The zero-order valence-electron chi connectivity index (χ0n) is 12.2. The molecule has 2 aliphatic heterocycles. The van der Waals surface area contributed by atoms with Gasteiger partial charge in [-0.2, -0.15) is 0 Å². The predicted molar refractivity (Wildman–Crippen MR) is 83.4 cm³/mol. The van der Waals surface area contributed by atoms with Crippen LogP contribution in [-0.2, 0) is 4.74 Å². The number of hydrogen-bond acceptors (Lipinski definition) is 4. The summed E-state index contributed by atoms with van der Waals surface area (Å²) in [6.45, 7) is 2.94. The van der Waals surface area contributed by atoms with Crippen LogP contribution in [0.15, 0.2) is 30.7 Å². The Morgan fingerprint density at radius 1 is 1.14 bits per heavy atom. The van der Waals surface area contributed by atoms with E-state index < -0.39 is 0 Å². The molecule has 2 atom stereocenters. The molecule has 21 heavy (non-hydrogen) atoms. The molecule has 0 radical (unpaired) electrons. The van der Waals surface area contributed by atoms with E-state index in [4.69, 9.17) is 4.74 Å². The highest BCUT2D eigenvalue weighted by molar-refractivity contribution is 5.91. The fourth-order valence-corrected chi connectivity index (χ4v) is 3.84. The number of nitrogens with zero attached hydrogens (tertiary/aromatic N) is 3. The number of pyridine rings is 2. The molecule has 4 rings (SSSR count). The van der Waals surface area contributed by atoms with E-state index in [1.807, 2.05) is 18.6 Å². The van der Waals surface area contributed by atoms with Gasteiger partial charge in [0.15, 0.2) is 0 Å². The third kappa shape index (κ3) is 2.38. The second-order valence-corrected chi connectivity index (χ2v) is 6.11. The zero-order chi connectivity index (χ0) is 14.1. The molecule has 4 nitrogen and oxygen atoms in total. The molecule has 0 aromatic carbocycles. The van der Waals surface area contributed by atoms with Gasteiger partial charge in [0.05, 0.1) is 6.61 Å². The van der Waals surface area contributed by atoms with E-state index in [-0.39, 0.29) is 0 Å². The molecule has 2 saturated heterocycles. The van der Waals surface area contributed by atoms with Crippen molar-refractivity contribution < 1.29 is 4.74 Å². The van der Waals surface area contributed by atoms with Gasteiger partial charge in [0.2, 0.25) is 0 Å². The summed E-state index contributed by atoms with van der Waals surface area (Å²) in [4.78, 5) is 11.5. The van der Waals surface area contributed by atoms with Crippen molar-refractivity contribution in [3.63, 3.8) is 0 Å². The summed E-state index contributed by atoms with van der Waals surface area (Å²) < 4.78 is 5.71.